The number of ether oxygens (including phenoxy) is 1. The van der Waals surface area contributed by atoms with Gasteiger partial charge >= 0.3 is 0 Å². The van der Waals surface area contributed by atoms with Crippen LogP contribution in [0.25, 0.3) is 11.5 Å². The molecule has 2 heterocycles. The maximum atomic E-state index is 12.4. The highest BCUT2D eigenvalue weighted by Crippen LogP contribution is 2.19. The van der Waals surface area contributed by atoms with Crippen molar-refractivity contribution in [2.24, 2.45) is 0 Å². The monoisotopic (exact) mass is 333 g/mol. The Morgan fingerprint density at radius 1 is 1.28 bits per heavy atom. The lowest BCUT2D eigenvalue weighted by Gasteiger charge is -2.13. The number of rotatable bonds is 6. The Balaban J connectivity index is 1.66. The molecule has 3 rings (SSSR count). The largest absolute Gasteiger partial charge is 0.482 e. The molecule has 0 saturated heterocycles. The van der Waals surface area contributed by atoms with Gasteiger partial charge in [-0.1, -0.05) is 18.2 Å². The minimum absolute atomic E-state index is 0.0513. The summed E-state index contributed by atoms with van der Waals surface area (Å²) in [5, 5.41) is 15.9. The van der Waals surface area contributed by atoms with Crippen molar-refractivity contribution in [1.82, 2.24) is 20.2 Å². The number of aromatic nitrogens is 4. The zero-order chi connectivity index (χ0) is 17.6. The molecule has 0 fully saturated rings. The van der Waals surface area contributed by atoms with Gasteiger partial charge in [0.05, 0.1) is 12.0 Å². The van der Waals surface area contributed by atoms with E-state index in [1.54, 1.807) is 49.5 Å². The predicted octanol–water partition coefficient (Wildman–Crippen LogP) is 2.32. The lowest BCUT2D eigenvalue weighted by Crippen LogP contribution is -2.26. The Morgan fingerprint density at radius 3 is 2.84 bits per heavy atom. The van der Waals surface area contributed by atoms with Crippen molar-refractivity contribution in [1.29, 1.82) is 5.26 Å². The van der Waals surface area contributed by atoms with Crippen LogP contribution in [0.15, 0.2) is 48.7 Å². The molecule has 0 aliphatic carbocycles. The zero-order valence-corrected chi connectivity index (χ0v) is 13.5. The summed E-state index contributed by atoms with van der Waals surface area (Å²) in [6.45, 7) is 1.65. The van der Waals surface area contributed by atoms with Crippen LogP contribution in [-0.4, -0.2) is 32.1 Å². The summed E-state index contributed by atoms with van der Waals surface area (Å²) in [4.78, 5) is 20.8. The number of H-pyrrole nitrogens is 1. The molecule has 1 aromatic carbocycles. The summed E-state index contributed by atoms with van der Waals surface area (Å²) in [6.07, 6.45) is 0.993. The molecule has 7 nitrogen and oxygen atoms in total. The molecule has 1 N–H and O–H groups in total. The average Bonchev–Trinajstić information content (AvgIpc) is 3.11. The van der Waals surface area contributed by atoms with Crippen LogP contribution in [-0.2, 0) is 11.2 Å². The molecule has 0 aliphatic rings. The molecular formula is C18H15N5O2. The van der Waals surface area contributed by atoms with Gasteiger partial charge in [0.2, 0.25) is 0 Å². The fraction of sp³-hybridized carbons (Fsp3) is 0.167. The summed E-state index contributed by atoms with van der Waals surface area (Å²) in [6, 6.07) is 14.3. The van der Waals surface area contributed by atoms with Crippen molar-refractivity contribution in [3.63, 3.8) is 0 Å². The summed E-state index contributed by atoms with van der Waals surface area (Å²) in [5.74, 6) is 1.09. The number of carbonyl (C=O) groups excluding carboxylic acids is 1. The number of hydrogen-bond donors (Lipinski definition) is 1. The third kappa shape index (κ3) is 3.87. The fourth-order valence-corrected chi connectivity index (χ4v) is 2.21. The molecule has 1 atom stereocenters. The average molecular weight is 333 g/mol. The van der Waals surface area contributed by atoms with Crippen molar-refractivity contribution in [2.45, 2.75) is 19.4 Å². The highest BCUT2D eigenvalue weighted by Gasteiger charge is 2.19. The third-order valence-electron chi connectivity index (χ3n) is 3.53. The number of pyridine rings is 1. The zero-order valence-electron chi connectivity index (χ0n) is 13.5. The number of hydrogen-bond acceptors (Lipinski definition) is 6. The number of benzene rings is 1. The Kier molecular flexibility index (Phi) is 4.81. The summed E-state index contributed by atoms with van der Waals surface area (Å²) >= 11 is 0. The maximum absolute atomic E-state index is 12.4. The van der Waals surface area contributed by atoms with E-state index in [2.05, 4.69) is 20.2 Å². The van der Waals surface area contributed by atoms with Gasteiger partial charge in [-0.3, -0.25) is 14.9 Å². The Hall–Kier alpha value is -3.53. The van der Waals surface area contributed by atoms with Crippen molar-refractivity contribution in [3.05, 3.63) is 60.0 Å². The van der Waals surface area contributed by atoms with Gasteiger partial charge in [-0.05, 0) is 31.2 Å². The number of nitrogens with one attached hydrogen (secondary N) is 1. The molecule has 124 valence electrons. The Labute approximate surface area is 144 Å². The van der Waals surface area contributed by atoms with Gasteiger partial charge in [-0.25, -0.2) is 4.98 Å². The lowest BCUT2D eigenvalue weighted by molar-refractivity contribution is -0.124. The van der Waals surface area contributed by atoms with E-state index in [0.717, 1.165) is 0 Å². The van der Waals surface area contributed by atoms with E-state index in [4.69, 9.17) is 10.00 Å². The molecule has 0 saturated carbocycles. The van der Waals surface area contributed by atoms with Gasteiger partial charge in [0.1, 0.15) is 23.3 Å². The summed E-state index contributed by atoms with van der Waals surface area (Å²) < 4.78 is 5.62. The number of aromatic amines is 1. The van der Waals surface area contributed by atoms with Crippen molar-refractivity contribution >= 4 is 5.78 Å². The lowest BCUT2D eigenvalue weighted by atomic mass is 10.1. The van der Waals surface area contributed by atoms with E-state index in [1.165, 1.54) is 0 Å². The van der Waals surface area contributed by atoms with Crippen molar-refractivity contribution in [2.75, 3.05) is 0 Å². The topological polar surface area (TPSA) is 105 Å². The van der Waals surface area contributed by atoms with Crippen LogP contribution in [0.4, 0.5) is 0 Å². The predicted molar refractivity (Wildman–Crippen MR) is 89.6 cm³/mol. The highest BCUT2D eigenvalue weighted by molar-refractivity contribution is 5.84. The normalized spacial score (nSPS) is 11.5. The molecule has 0 spiro atoms. The molecule has 1 unspecified atom stereocenters. The molecule has 3 aromatic rings. The minimum atomic E-state index is -0.710. The molecule has 2 aromatic heterocycles. The Morgan fingerprint density at radius 2 is 2.08 bits per heavy atom. The first-order valence-electron chi connectivity index (χ1n) is 7.68. The fourth-order valence-electron chi connectivity index (χ4n) is 2.21. The molecule has 0 amide bonds. The first kappa shape index (κ1) is 16.3. The molecule has 7 heteroatoms. The van der Waals surface area contributed by atoms with Gasteiger partial charge in [0.25, 0.3) is 0 Å². The second kappa shape index (κ2) is 7.36. The molecule has 25 heavy (non-hydrogen) atoms. The van der Waals surface area contributed by atoms with E-state index < -0.39 is 6.10 Å². The highest BCUT2D eigenvalue weighted by atomic mass is 16.5. The number of ketones is 1. The van der Waals surface area contributed by atoms with E-state index in [9.17, 15) is 4.79 Å². The standard InChI is InChI=1S/C18H15N5O2/c1-12(25-16-8-3-2-6-13(16)11-19)15(24)10-17-21-18(23-22-17)14-7-4-5-9-20-14/h2-9,12H,10H2,1H3,(H,21,22,23). The van der Waals surface area contributed by atoms with Crippen LogP contribution in [0.5, 0.6) is 5.75 Å². The van der Waals surface area contributed by atoms with E-state index in [0.29, 0.717) is 28.7 Å². The van der Waals surface area contributed by atoms with Crippen LogP contribution in [0.1, 0.15) is 18.3 Å². The maximum Gasteiger partial charge on any atom is 0.199 e. The Bertz CT molecular complexity index is 914. The number of para-hydroxylation sites is 1. The number of carbonyl (C=O) groups is 1. The number of nitrogens with zero attached hydrogens (tertiary/aromatic N) is 4. The summed E-state index contributed by atoms with van der Waals surface area (Å²) in [5.41, 5.74) is 1.02. The van der Waals surface area contributed by atoms with Crippen molar-refractivity contribution in [3.8, 4) is 23.3 Å². The van der Waals surface area contributed by atoms with E-state index >= 15 is 0 Å². The van der Waals surface area contributed by atoms with Gasteiger partial charge < -0.3 is 4.74 Å². The van der Waals surface area contributed by atoms with Crippen LogP contribution in [0.2, 0.25) is 0 Å². The SMILES string of the molecule is CC(Oc1ccccc1C#N)C(=O)Cc1nc(-c2ccccn2)n[nH]1. The first-order valence-corrected chi connectivity index (χ1v) is 7.68. The third-order valence-corrected chi connectivity index (χ3v) is 3.53. The molecule has 0 aliphatic heterocycles. The quantitative estimate of drug-likeness (QED) is 0.742. The van der Waals surface area contributed by atoms with Gasteiger partial charge in [0, 0.05) is 6.20 Å². The van der Waals surface area contributed by atoms with Crippen LogP contribution in [0, 0.1) is 11.3 Å². The van der Waals surface area contributed by atoms with E-state index in [1.807, 2.05) is 12.1 Å². The molecular weight excluding hydrogens is 318 g/mol. The van der Waals surface area contributed by atoms with Crippen LogP contribution in [0.3, 0.4) is 0 Å². The molecule has 0 radical (unpaired) electrons. The minimum Gasteiger partial charge on any atom is -0.482 e. The van der Waals surface area contributed by atoms with E-state index in [-0.39, 0.29) is 12.2 Å². The van der Waals surface area contributed by atoms with Gasteiger partial charge in [0.15, 0.2) is 17.7 Å². The first-order chi connectivity index (χ1) is 12.2. The number of nitriles is 1. The smallest absolute Gasteiger partial charge is 0.199 e. The van der Waals surface area contributed by atoms with Crippen LogP contribution >= 0.6 is 0 Å². The second-order valence-corrected chi connectivity index (χ2v) is 5.33. The van der Waals surface area contributed by atoms with Crippen molar-refractivity contribution < 1.29 is 9.53 Å². The summed E-state index contributed by atoms with van der Waals surface area (Å²) in [7, 11) is 0. The van der Waals surface area contributed by atoms with Gasteiger partial charge in [-0.15, -0.1) is 0 Å². The van der Waals surface area contributed by atoms with Crippen LogP contribution < -0.4 is 4.74 Å². The van der Waals surface area contributed by atoms with Gasteiger partial charge in [-0.2, -0.15) is 10.4 Å². The number of Topliss-reactive ketones (excluding diaryl/α,β-unsaturated/α-hetero) is 1. The second-order valence-electron chi connectivity index (χ2n) is 5.33. The molecule has 0 bridgehead atoms.